The summed E-state index contributed by atoms with van der Waals surface area (Å²) in [5, 5.41) is 3.92. The molecule has 3 heterocycles. The Morgan fingerprint density at radius 2 is 1.55 bits per heavy atom. The number of carbonyl (C=O) groups is 1. The molecule has 0 bridgehead atoms. The second-order valence-electron chi connectivity index (χ2n) is 8.45. The number of thiophene rings is 2. The molecular formula is C28H28Cl3N2O2PS2. The molecule has 1 amide bonds. The van der Waals surface area contributed by atoms with Gasteiger partial charge in [0.2, 0.25) is 0 Å². The number of rotatable bonds is 5. The zero-order valence-corrected chi connectivity index (χ0v) is 25.8. The minimum absolute atomic E-state index is 0.00144. The lowest BCUT2D eigenvalue weighted by Crippen LogP contribution is -2.25. The molecule has 0 radical (unpaired) electrons. The standard InChI is InChI=1S/C14H15NOS.C14H13NS.Cl3OP/c1-11-4-6-12(7-5-11)14(16)15-9-8-13-3-2-10-17-13;1-10-2-4-11(5-3-10)14-12-7-9-16-13(12)6-8-15-14;1-5(2,3)4/h2-7,10H,8-9H2,1H3,(H,15,16);2-5,7,9H,6,8H2,1H3;. The third kappa shape index (κ3) is 10.7. The number of aliphatic imine (C=N–C) groups is 1. The van der Waals surface area contributed by atoms with E-state index in [-0.39, 0.29) is 5.91 Å². The lowest BCUT2D eigenvalue weighted by molar-refractivity contribution is 0.0954. The van der Waals surface area contributed by atoms with Crippen LogP contribution in [-0.4, -0.2) is 24.7 Å². The molecule has 4 aromatic rings. The fourth-order valence-electron chi connectivity index (χ4n) is 3.62. The molecule has 4 nitrogen and oxygen atoms in total. The van der Waals surface area contributed by atoms with E-state index in [0.717, 1.165) is 24.9 Å². The van der Waals surface area contributed by atoms with Crippen LogP contribution in [0.1, 0.15) is 42.4 Å². The quantitative estimate of drug-likeness (QED) is 0.225. The summed E-state index contributed by atoms with van der Waals surface area (Å²) in [7, 11) is 0. The van der Waals surface area contributed by atoms with Crippen molar-refractivity contribution in [1.29, 1.82) is 0 Å². The van der Waals surface area contributed by atoms with Gasteiger partial charge in [-0.25, -0.2) is 0 Å². The smallest absolute Gasteiger partial charge is 0.339 e. The SMILES string of the molecule is Cc1ccc(C(=O)NCCc2cccs2)cc1.Cc1ccc(C2=NCCc3sccc32)cc1.O=P(Cl)(Cl)Cl. The number of aryl methyl sites for hydroxylation is 2. The van der Waals surface area contributed by atoms with Crippen LogP contribution < -0.4 is 5.32 Å². The highest BCUT2D eigenvalue weighted by Crippen LogP contribution is 2.61. The molecule has 1 aliphatic rings. The number of fused-ring (bicyclic) bond motifs is 1. The van der Waals surface area contributed by atoms with Gasteiger partial charge in [-0.3, -0.25) is 14.4 Å². The Morgan fingerprint density at radius 3 is 2.16 bits per heavy atom. The van der Waals surface area contributed by atoms with Gasteiger partial charge in [0.25, 0.3) is 5.91 Å². The monoisotopic (exact) mass is 624 g/mol. The number of nitrogens with zero attached hydrogens (tertiary/aromatic N) is 1. The van der Waals surface area contributed by atoms with Crippen molar-refractivity contribution in [2.24, 2.45) is 4.99 Å². The molecule has 2 aromatic carbocycles. The number of hydrogen-bond acceptors (Lipinski definition) is 5. The first-order valence-corrected chi connectivity index (χ1v) is 18.0. The summed E-state index contributed by atoms with van der Waals surface area (Å²) in [6, 6.07) is 22.6. The normalized spacial score (nSPS) is 12.2. The Morgan fingerprint density at radius 1 is 0.921 bits per heavy atom. The van der Waals surface area contributed by atoms with E-state index in [1.165, 1.54) is 37.7 Å². The lowest BCUT2D eigenvalue weighted by atomic mass is 9.99. The highest BCUT2D eigenvalue weighted by molar-refractivity contribution is 8.24. The van der Waals surface area contributed by atoms with Gasteiger partial charge >= 0.3 is 5.20 Å². The van der Waals surface area contributed by atoms with Crippen molar-refractivity contribution >= 4 is 73.2 Å². The Bertz CT molecular complexity index is 1370. The molecule has 10 heteroatoms. The van der Waals surface area contributed by atoms with Gasteiger partial charge in [0.05, 0.1) is 5.71 Å². The summed E-state index contributed by atoms with van der Waals surface area (Å²) in [5.74, 6) is 0.00144. The van der Waals surface area contributed by atoms with Crippen molar-refractivity contribution in [2.45, 2.75) is 26.7 Å². The van der Waals surface area contributed by atoms with Crippen LogP contribution in [0, 0.1) is 13.8 Å². The molecule has 0 spiro atoms. The molecule has 0 fully saturated rings. The highest BCUT2D eigenvalue weighted by atomic mass is 36.0. The van der Waals surface area contributed by atoms with Crippen molar-refractivity contribution in [3.05, 3.63) is 115 Å². The largest absolute Gasteiger partial charge is 0.352 e. The summed E-state index contributed by atoms with van der Waals surface area (Å²) in [6.07, 6.45) is 2.00. The number of halogens is 3. The third-order valence-corrected chi connectivity index (χ3v) is 7.40. The predicted octanol–water partition coefficient (Wildman–Crippen LogP) is 9.29. The van der Waals surface area contributed by atoms with E-state index >= 15 is 0 Å². The maximum atomic E-state index is 11.8. The summed E-state index contributed by atoms with van der Waals surface area (Å²) >= 11 is 17.4. The zero-order chi connectivity index (χ0) is 27.5. The van der Waals surface area contributed by atoms with Crippen LogP contribution in [0.2, 0.25) is 0 Å². The summed E-state index contributed by atoms with van der Waals surface area (Å²) in [4.78, 5) is 19.2. The van der Waals surface area contributed by atoms with E-state index in [2.05, 4.69) is 98.1 Å². The first-order valence-electron chi connectivity index (χ1n) is 11.8. The van der Waals surface area contributed by atoms with Gasteiger partial charge in [-0.2, -0.15) is 0 Å². The van der Waals surface area contributed by atoms with Crippen molar-refractivity contribution in [3.63, 3.8) is 0 Å². The Kier molecular flexibility index (Phi) is 12.1. The van der Waals surface area contributed by atoms with Gasteiger partial charge in [0.1, 0.15) is 0 Å². The fraction of sp³-hybridized carbons (Fsp3) is 0.214. The fourth-order valence-corrected chi connectivity index (χ4v) is 5.20. The number of nitrogens with one attached hydrogen (secondary N) is 1. The summed E-state index contributed by atoms with van der Waals surface area (Å²) in [5.41, 5.74) is 6.93. The number of hydrogen-bond donors (Lipinski definition) is 1. The molecule has 1 aliphatic heterocycles. The van der Waals surface area contributed by atoms with Gasteiger partial charge in [-0.05, 0) is 89.0 Å². The van der Waals surface area contributed by atoms with E-state index in [9.17, 15) is 9.36 Å². The topological polar surface area (TPSA) is 58.5 Å². The van der Waals surface area contributed by atoms with E-state index < -0.39 is 5.20 Å². The van der Waals surface area contributed by atoms with Crippen molar-refractivity contribution in [3.8, 4) is 0 Å². The lowest BCUT2D eigenvalue weighted by Gasteiger charge is -2.13. The molecule has 5 rings (SSSR count). The molecule has 2 aromatic heterocycles. The third-order valence-electron chi connectivity index (χ3n) is 5.49. The van der Waals surface area contributed by atoms with Crippen LogP contribution in [0.3, 0.4) is 0 Å². The van der Waals surface area contributed by atoms with Gasteiger partial charge in [0, 0.05) is 46.0 Å². The summed E-state index contributed by atoms with van der Waals surface area (Å²) in [6.45, 7) is 5.74. The first-order chi connectivity index (χ1) is 18.1. The van der Waals surface area contributed by atoms with Crippen LogP contribution in [0.25, 0.3) is 0 Å². The highest BCUT2D eigenvalue weighted by Gasteiger charge is 2.16. The van der Waals surface area contributed by atoms with Crippen LogP contribution in [-0.2, 0) is 17.4 Å². The molecule has 0 saturated heterocycles. The maximum Gasteiger partial charge on any atom is 0.339 e. The van der Waals surface area contributed by atoms with Gasteiger partial charge in [-0.1, -0.05) is 53.6 Å². The number of carbonyl (C=O) groups excluding carboxylic acids is 1. The molecular weight excluding hydrogens is 598 g/mol. The van der Waals surface area contributed by atoms with E-state index in [0.29, 0.717) is 6.54 Å². The second kappa shape index (κ2) is 15.0. The Labute approximate surface area is 246 Å². The number of benzene rings is 2. The second-order valence-corrected chi connectivity index (χ2v) is 17.1. The zero-order valence-electron chi connectivity index (χ0n) is 21.0. The predicted molar refractivity (Wildman–Crippen MR) is 166 cm³/mol. The van der Waals surface area contributed by atoms with Crippen LogP contribution in [0.15, 0.2) is 82.5 Å². The molecule has 0 atom stereocenters. The maximum absolute atomic E-state index is 11.8. The van der Waals surface area contributed by atoms with E-state index in [1.807, 2.05) is 48.6 Å². The van der Waals surface area contributed by atoms with Crippen molar-refractivity contribution in [1.82, 2.24) is 5.32 Å². The Hall–Kier alpha value is -1.92. The molecule has 0 saturated carbocycles. The van der Waals surface area contributed by atoms with E-state index in [1.54, 1.807) is 11.3 Å². The molecule has 0 unspecified atom stereocenters. The van der Waals surface area contributed by atoms with Crippen LogP contribution >= 0.6 is 61.6 Å². The van der Waals surface area contributed by atoms with E-state index in [4.69, 9.17) is 0 Å². The minimum Gasteiger partial charge on any atom is -0.352 e. The Balaban J connectivity index is 0.000000180. The van der Waals surface area contributed by atoms with Crippen molar-refractivity contribution < 1.29 is 9.36 Å². The molecule has 1 N–H and O–H groups in total. The van der Waals surface area contributed by atoms with Crippen LogP contribution in [0.5, 0.6) is 0 Å². The molecule has 0 aliphatic carbocycles. The summed E-state index contributed by atoms with van der Waals surface area (Å²) < 4.78 is 9.51. The minimum atomic E-state index is -3.22. The van der Waals surface area contributed by atoms with Gasteiger partial charge < -0.3 is 5.32 Å². The number of amides is 1. The average Bonchev–Trinajstić information content (AvgIpc) is 3.56. The molecule has 38 heavy (non-hydrogen) atoms. The van der Waals surface area contributed by atoms with Crippen molar-refractivity contribution in [2.75, 3.05) is 13.1 Å². The van der Waals surface area contributed by atoms with Crippen LogP contribution in [0.4, 0.5) is 0 Å². The van der Waals surface area contributed by atoms with Gasteiger partial charge in [0.15, 0.2) is 0 Å². The molecule has 200 valence electrons. The van der Waals surface area contributed by atoms with Gasteiger partial charge in [-0.15, -0.1) is 22.7 Å². The average molecular weight is 626 g/mol. The first kappa shape index (κ1) is 30.6.